The van der Waals surface area contributed by atoms with Gasteiger partial charge in [-0.05, 0) is 17.2 Å². The van der Waals surface area contributed by atoms with E-state index in [0.717, 1.165) is 13.1 Å². The van der Waals surface area contributed by atoms with Crippen LogP contribution in [-0.4, -0.2) is 19.2 Å². The van der Waals surface area contributed by atoms with Crippen LogP contribution in [0.4, 0.5) is 0 Å². The molecule has 1 aromatic carbocycles. The third-order valence-electron chi connectivity index (χ3n) is 3.21. The predicted molar refractivity (Wildman–Crippen MR) is 60.6 cm³/mol. The molecule has 1 fully saturated rings. The summed E-state index contributed by atoms with van der Waals surface area (Å²) >= 11 is 12.3. The first-order valence-electron chi connectivity index (χ1n) is 5.06. The molecule has 0 unspecified atom stereocenters. The lowest BCUT2D eigenvalue weighted by Gasteiger charge is -2.29. The fraction of sp³-hybridized carbons (Fsp3) is 0.455. The predicted octanol–water partition coefficient (Wildman–Crippen LogP) is 2.58. The average molecular weight is 244 g/mol. The van der Waals surface area contributed by atoms with Crippen LogP contribution in [-0.2, 0) is 11.3 Å². The number of rotatable bonds is 0. The Balaban J connectivity index is 2.14. The highest BCUT2D eigenvalue weighted by Gasteiger charge is 2.36. The Morgan fingerprint density at radius 3 is 3.00 bits per heavy atom. The fourth-order valence-electron chi connectivity index (χ4n) is 2.45. The Morgan fingerprint density at radius 2 is 2.13 bits per heavy atom. The first-order chi connectivity index (χ1) is 7.27. The molecule has 0 radical (unpaired) electrons. The van der Waals surface area contributed by atoms with E-state index >= 15 is 0 Å². The van der Waals surface area contributed by atoms with Crippen molar-refractivity contribution < 1.29 is 4.74 Å². The lowest BCUT2D eigenvalue weighted by molar-refractivity contribution is 0.0300. The van der Waals surface area contributed by atoms with E-state index in [2.05, 4.69) is 5.32 Å². The number of fused-ring (bicyclic) bond motifs is 3. The van der Waals surface area contributed by atoms with Crippen molar-refractivity contribution in [1.29, 1.82) is 0 Å². The van der Waals surface area contributed by atoms with Crippen molar-refractivity contribution in [3.05, 3.63) is 33.3 Å². The summed E-state index contributed by atoms with van der Waals surface area (Å²) in [5, 5.41) is 4.67. The second kappa shape index (κ2) is 3.63. The molecule has 0 saturated carbocycles. The summed E-state index contributed by atoms with van der Waals surface area (Å²) in [7, 11) is 0. The molecule has 2 nitrogen and oxygen atoms in total. The van der Waals surface area contributed by atoms with E-state index in [1.165, 1.54) is 11.1 Å². The number of benzene rings is 1. The van der Waals surface area contributed by atoms with Crippen LogP contribution in [0.2, 0.25) is 10.0 Å². The number of nitrogens with one attached hydrogen (secondary N) is 1. The van der Waals surface area contributed by atoms with Crippen LogP contribution < -0.4 is 5.32 Å². The van der Waals surface area contributed by atoms with E-state index in [-0.39, 0.29) is 6.10 Å². The fourth-order valence-corrected chi connectivity index (χ4v) is 2.94. The van der Waals surface area contributed by atoms with Crippen molar-refractivity contribution in [3.63, 3.8) is 0 Å². The molecule has 2 heterocycles. The molecule has 0 aromatic heterocycles. The van der Waals surface area contributed by atoms with Crippen LogP contribution in [0.25, 0.3) is 0 Å². The number of halogens is 2. The summed E-state index contributed by atoms with van der Waals surface area (Å²) in [6.07, 6.45) is 0.258. The van der Waals surface area contributed by atoms with Crippen LogP contribution in [0.5, 0.6) is 0 Å². The monoisotopic (exact) mass is 243 g/mol. The Labute approximate surface area is 98.5 Å². The lowest BCUT2D eigenvalue weighted by Crippen LogP contribution is -2.27. The summed E-state index contributed by atoms with van der Waals surface area (Å²) in [5.74, 6) is 0.361. The molecule has 1 aromatic rings. The van der Waals surface area contributed by atoms with Crippen molar-refractivity contribution in [2.45, 2.75) is 18.6 Å². The minimum Gasteiger partial charge on any atom is -0.372 e. The van der Waals surface area contributed by atoms with Gasteiger partial charge in [0, 0.05) is 19.0 Å². The number of ether oxygens (including phenoxy) is 1. The molecule has 1 saturated heterocycles. The van der Waals surface area contributed by atoms with Gasteiger partial charge in [0.05, 0.1) is 22.8 Å². The molecule has 15 heavy (non-hydrogen) atoms. The Kier molecular flexibility index (Phi) is 2.40. The molecular formula is C11H11Cl2NO. The van der Waals surface area contributed by atoms with E-state index in [1.807, 2.05) is 12.1 Å². The minimum atomic E-state index is 0.258. The third-order valence-corrected chi connectivity index (χ3v) is 4.02. The lowest BCUT2D eigenvalue weighted by atomic mass is 9.89. The topological polar surface area (TPSA) is 21.3 Å². The molecule has 2 atom stereocenters. The Hall–Kier alpha value is -0.280. The average Bonchev–Trinajstić information content (AvgIpc) is 2.70. The first kappa shape index (κ1) is 9.91. The van der Waals surface area contributed by atoms with Gasteiger partial charge in [0.2, 0.25) is 0 Å². The van der Waals surface area contributed by atoms with Gasteiger partial charge in [0.1, 0.15) is 0 Å². The molecular weight excluding hydrogens is 233 g/mol. The minimum absolute atomic E-state index is 0.258. The summed E-state index contributed by atoms with van der Waals surface area (Å²) in [4.78, 5) is 0. The normalized spacial score (nSPS) is 28.7. The molecule has 2 aliphatic heterocycles. The van der Waals surface area contributed by atoms with Crippen molar-refractivity contribution >= 4 is 23.2 Å². The second-order valence-electron chi connectivity index (χ2n) is 4.05. The van der Waals surface area contributed by atoms with Crippen LogP contribution in [0, 0.1) is 0 Å². The maximum absolute atomic E-state index is 6.26. The Morgan fingerprint density at radius 1 is 1.27 bits per heavy atom. The first-order valence-corrected chi connectivity index (χ1v) is 5.82. The van der Waals surface area contributed by atoms with Gasteiger partial charge in [-0.3, -0.25) is 0 Å². The van der Waals surface area contributed by atoms with E-state index in [1.54, 1.807) is 0 Å². The zero-order chi connectivity index (χ0) is 10.4. The van der Waals surface area contributed by atoms with E-state index in [0.29, 0.717) is 22.6 Å². The number of hydrogen-bond acceptors (Lipinski definition) is 2. The van der Waals surface area contributed by atoms with Gasteiger partial charge in [-0.15, -0.1) is 0 Å². The zero-order valence-corrected chi connectivity index (χ0v) is 9.61. The van der Waals surface area contributed by atoms with E-state index in [4.69, 9.17) is 27.9 Å². The van der Waals surface area contributed by atoms with Gasteiger partial charge in [-0.1, -0.05) is 29.3 Å². The highest BCUT2D eigenvalue weighted by atomic mass is 35.5. The van der Waals surface area contributed by atoms with Crippen LogP contribution in [0.1, 0.15) is 17.0 Å². The molecule has 4 heteroatoms. The molecule has 0 aliphatic carbocycles. The smallest absolute Gasteiger partial charge is 0.0785 e. The molecule has 0 amide bonds. The van der Waals surface area contributed by atoms with Crippen molar-refractivity contribution in [2.24, 2.45) is 0 Å². The molecule has 0 bridgehead atoms. The van der Waals surface area contributed by atoms with Gasteiger partial charge in [-0.25, -0.2) is 0 Å². The summed E-state index contributed by atoms with van der Waals surface area (Å²) < 4.78 is 5.76. The molecule has 80 valence electrons. The summed E-state index contributed by atoms with van der Waals surface area (Å²) in [5.41, 5.74) is 2.36. The van der Waals surface area contributed by atoms with Crippen molar-refractivity contribution in [3.8, 4) is 0 Å². The van der Waals surface area contributed by atoms with Gasteiger partial charge < -0.3 is 10.1 Å². The number of hydrogen-bond donors (Lipinski definition) is 1. The van der Waals surface area contributed by atoms with Gasteiger partial charge in [0.15, 0.2) is 0 Å². The standard InChI is InChI=1S/C11H11Cl2NO/c12-8-2-1-6-5-15-9-4-14-3-7(9)10(6)11(8)13/h1-2,7,9,14H,3-5H2/t7-,9+/m1/s1. The van der Waals surface area contributed by atoms with Gasteiger partial charge in [-0.2, -0.15) is 0 Å². The maximum Gasteiger partial charge on any atom is 0.0785 e. The van der Waals surface area contributed by atoms with Gasteiger partial charge in [0.25, 0.3) is 0 Å². The van der Waals surface area contributed by atoms with E-state index in [9.17, 15) is 0 Å². The third kappa shape index (κ3) is 1.48. The molecule has 0 spiro atoms. The highest BCUT2D eigenvalue weighted by molar-refractivity contribution is 6.42. The SMILES string of the molecule is Clc1ccc2c(c1Cl)[C@@H]1CNC[C@@H]1OC2. The molecule has 2 aliphatic rings. The van der Waals surface area contributed by atoms with Crippen LogP contribution >= 0.6 is 23.2 Å². The summed E-state index contributed by atoms with van der Waals surface area (Å²) in [6, 6.07) is 3.85. The highest BCUT2D eigenvalue weighted by Crippen LogP contribution is 2.40. The van der Waals surface area contributed by atoms with Crippen molar-refractivity contribution in [2.75, 3.05) is 13.1 Å². The van der Waals surface area contributed by atoms with Crippen LogP contribution in [0.3, 0.4) is 0 Å². The molecule has 3 rings (SSSR count). The summed E-state index contributed by atoms with van der Waals surface area (Å²) in [6.45, 7) is 2.49. The second-order valence-corrected chi connectivity index (χ2v) is 4.83. The maximum atomic E-state index is 6.26. The quantitative estimate of drug-likeness (QED) is 0.757. The van der Waals surface area contributed by atoms with Crippen LogP contribution in [0.15, 0.2) is 12.1 Å². The Bertz CT molecular complexity index is 408. The zero-order valence-electron chi connectivity index (χ0n) is 8.09. The van der Waals surface area contributed by atoms with E-state index < -0.39 is 0 Å². The largest absolute Gasteiger partial charge is 0.372 e. The molecule has 1 N–H and O–H groups in total. The van der Waals surface area contributed by atoms with Crippen molar-refractivity contribution in [1.82, 2.24) is 5.32 Å². The van der Waals surface area contributed by atoms with Gasteiger partial charge >= 0.3 is 0 Å².